The molecule has 0 fully saturated rings. The first-order valence-electron chi connectivity index (χ1n) is 7.60. The molecule has 0 atom stereocenters. The minimum atomic E-state index is 0.629. The summed E-state index contributed by atoms with van der Waals surface area (Å²) in [6.45, 7) is 7.32. The van der Waals surface area contributed by atoms with E-state index in [1.54, 1.807) is 6.20 Å². The molecule has 1 heterocycles. The molecule has 21 heavy (non-hydrogen) atoms. The van der Waals surface area contributed by atoms with Gasteiger partial charge < -0.3 is 10.6 Å². The standard InChI is InChI=1S/C17H24N4/c1-4-5-6-10-18-16-9-11-19-17(21-16)20-15-12-13(2)7-8-14(15)3/h7-9,11-12H,4-6,10H2,1-3H3,(H2,18,19,20,21). The number of anilines is 3. The zero-order valence-corrected chi connectivity index (χ0v) is 13.1. The van der Waals surface area contributed by atoms with Gasteiger partial charge in [-0.15, -0.1) is 0 Å². The number of nitrogens with one attached hydrogen (secondary N) is 2. The molecule has 0 aliphatic carbocycles. The molecule has 0 saturated carbocycles. The van der Waals surface area contributed by atoms with E-state index in [4.69, 9.17) is 0 Å². The maximum atomic E-state index is 4.50. The van der Waals surface area contributed by atoms with Crippen molar-refractivity contribution in [1.29, 1.82) is 0 Å². The third kappa shape index (κ3) is 4.74. The fraction of sp³-hybridized carbons (Fsp3) is 0.412. The van der Waals surface area contributed by atoms with Crippen LogP contribution < -0.4 is 10.6 Å². The fourth-order valence-corrected chi connectivity index (χ4v) is 2.10. The van der Waals surface area contributed by atoms with Gasteiger partial charge in [0.1, 0.15) is 5.82 Å². The quantitative estimate of drug-likeness (QED) is 0.738. The highest BCUT2D eigenvalue weighted by atomic mass is 15.1. The Hall–Kier alpha value is -2.10. The Morgan fingerprint density at radius 3 is 2.76 bits per heavy atom. The van der Waals surface area contributed by atoms with E-state index < -0.39 is 0 Å². The van der Waals surface area contributed by atoms with Crippen LogP contribution in [0.15, 0.2) is 30.5 Å². The highest BCUT2D eigenvalue weighted by Crippen LogP contribution is 2.20. The van der Waals surface area contributed by atoms with Crippen LogP contribution in [0.5, 0.6) is 0 Å². The summed E-state index contributed by atoms with van der Waals surface area (Å²) in [7, 11) is 0. The van der Waals surface area contributed by atoms with Crippen molar-refractivity contribution in [2.45, 2.75) is 40.0 Å². The van der Waals surface area contributed by atoms with Crippen LogP contribution in [0.2, 0.25) is 0 Å². The minimum Gasteiger partial charge on any atom is -0.370 e. The van der Waals surface area contributed by atoms with Crippen molar-refractivity contribution in [3.05, 3.63) is 41.6 Å². The zero-order valence-electron chi connectivity index (χ0n) is 13.1. The summed E-state index contributed by atoms with van der Waals surface area (Å²) >= 11 is 0. The molecule has 0 amide bonds. The van der Waals surface area contributed by atoms with Crippen molar-refractivity contribution in [2.24, 2.45) is 0 Å². The molecule has 0 aliphatic rings. The van der Waals surface area contributed by atoms with Crippen molar-refractivity contribution < 1.29 is 0 Å². The number of nitrogens with zero attached hydrogens (tertiary/aromatic N) is 2. The lowest BCUT2D eigenvalue weighted by atomic mass is 10.1. The number of benzene rings is 1. The Morgan fingerprint density at radius 2 is 1.95 bits per heavy atom. The first-order chi connectivity index (χ1) is 10.2. The van der Waals surface area contributed by atoms with Crippen LogP contribution >= 0.6 is 0 Å². The summed E-state index contributed by atoms with van der Waals surface area (Å²) in [5.74, 6) is 1.50. The van der Waals surface area contributed by atoms with Gasteiger partial charge in [-0.1, -0.05) is 31.9 Å². The van der Waals surface area contributed by atoms with Gasteiger partial charge >= 0.3 is 0 Å². The van der Waals surface area contributed by atoms with Crippen molar-refractivity contribution in [3.63, 3.8) is 0 Å². The number of hydrogen-bond donors (Lipinski definition) is 2. The normalized spacial score (nSPS) is 10.4. The van der Waals surface area contributed by atoms with Crippen molar-refractivity contribution >= 4 is 17.5 Å². The zero-order chi connectivity index (χ0) is 15.1. The highest BCUT2D eigenvalue weighted by Gasteiger charge is 2.03. The predicted octanol–water partition coefficient (Wildman–Crippen LogP) is 4.44. The van der Waals surface area contributed by atoms with Gasteiger partial charge in [-0.05, 0) is 43.5 Å². The highest BCUT2D eigenvalue weighted by molar-refractivity contribution is 5.60. The molecular weight excluding hydrogens is 260 g/mol. The molecule has 4 nitrogen and oxygen atoms in total. The number of aryl methyl sites for hydroxylation is 2. The second-order valence-corrected chi connectivity index (χ2v) is 5.34. The molecule has 1 aromatic carbocycles. The number of hydrogen-bond acceptors (Lipinski definition) is 4. The fourth-order valence-electron chi connectivity index (χ4n) is 2.10. The van der Waals surface area contributed by atoms with E-state index >= 15 is 0 Å². The number of rotatable bonds is 7. The van der Waals surface area contributed by atoms with Crippen molar-refractivity contribution in [2.75, 3.05) is 17.2 Å². The predicted molar refractivity (Wildman–Crippen MR) is 89.2 cm³/mol. The van der Waals surface area contributed by atoms with Gasteiger partial charge in [0.15, 0.2) is 0 Å². The molecule has 0 aliphatic heterocycles. The summed E-state index contributed by atoms with van der Waals surface area (Å²) < 4.78 is 0. The van der Waals surface area contributed by atoms with Crippen LogP contribution in [0.4, 0.5) is 17.5 Å². The van der Waals surface area contributed by atoms with E-state index in [0.717, 1.165) is 18.1 Å². The van der Waals surface area contributed by atoms with Crippen molar-refractivity contribution in [3.8, 4) is 0 Å². The van der Waals surface area contributed by atoms with E-state index in [1.807, 2.05) is 6.07 Å². The Morgan fingerprint density at radius 1 is 1.10 bits per heavy atom. The average Bonchev–Trinajstić information content (AvgIpc) is 2.48. The lowest BCUT2D eigenvalue weighted by Gasteiger charge is -2.10. The molecule has 1 aromatic heterocycles. The Labute approximate surface area is 127 Å². The van der Waals surface area contributed by atoms with Gasteiger partial charge in [-0.2, -0.15) is 4.98 Å². The van der Waals surface area contributed by atoms with E-state index in [9.17, 15) is 0 Å². The van der Waals surface area contributed by atoms with Gasteiger partial charge in [0.05, 0.1) is 0 Å². The molecule has 0 radical (unpaired) electrons. The average molecular weight is 284 g/mol. The van der Waals surface area contributed by atoms with E-state index in [-0.39, 0.29) is 0 Å². The van der Waals surface area contributed by atoms with Gasteiger partial charge in [-0.3, -0.25) is 0 Å². The van der Waals surface area contributed by atoms with E-state index in [0.29, 0.717) is 5.95 Å². The molecule has 2 rings (SSSR count). The van der Waals surface area contributed by atoms with Crippen LogP contribution in [-0.2, 0) is 0 Å². The largest absolute Gasteiger partial charge is 0.370 e. The lowest BCUT2D eigenvalue weighted by molar-refractivity contribution is 0.742. The molecule has 0 bridgehead atoms. The Balaban J connectivity index is 2.02. The van der Waals surface area contributed by atoms with E-state index in [1.165, 1.54) is 30.4 Å². The van der Waals surface area contributed by atoms with Gasteiger partial charge in [-0.25, -0.2) is 4.98 Å². The molecule has 2 N–H and O–H groups in total. The molecule has 0 saturated heterocycles. The van der Waals surface area contributed by atoms with E-state index in [2.05, 4.69) is 59.6 Å². The van der Waals surface area contributed by atoms with Gasteiger partial charge in [0.2, 0.25) is 5.95 Å². The van der Waals surface area contributed by atoms with Crippen LogP contribution in [0, 0.1) is 13.8 Å². The smallest absolute Gasteiger partial charge is 0.229 e. The molecular formula is C17H24N4. The Kier molecular flexibility index (Phi) is 5.55. The molecule has 4 heteroatoms. The molecule has 0 unspecified atom stereocenters. The van der Waals surface area contributed by atoms with Crippen LogP contribution in [0.1, 0.15) is 37.3 Å². The van der Waals surface area contributed by atoms with Gasteiger partial charge in [0, 0.05) is 18.4 Å². The third-order valence-electron chi connectivity index (χ3n) is 3.38. The van der Waals surface area contributed by atoms with Crippen LogP contribution in [0.25, 0.3) is 0 Å². The SMILES string of the molecule is CCCCCNc1ccnc(Nc2cc(C)ccc2C)n1. The molecule has 2 aromatic rings. The first kappa shape index (κ1) is 15.3. The van der Waals surface area contributed by atoms with Crippen LogP contribution in [-0.4, -0.2) is 16.5 Å². The maximum absolute atomic E-state index is 4.50. The summed E-state index contributed by atoms with van der Waals surface area (Å²) in [6.07, 6.45) is 5.42. The second kappa shape index (κ2) is 7.62. The van der Waals surface area contributed by atoms with Crippen molar-refractivity contribution in [1.82, 2.24) is 9.97 Å². The Bertz CT molecular complexity index is 581. The minimum absolute atomic E-state index is 0.629. The summed E-state index contributed by atoms with van der Waals surface area (Å²) in [6, 6.07) is 8.22. The molecule has 112 valence electrons. The summed E-state index contributed by atoms with van der Waals surface area (Å²) in [5.41, 5.74) is 3.46. The second-order valence-electron chi connectivity index (χ2n) is 5.34. The monoisotopic (exact) mass is 284 g/mol. The molecule has 0 spiro atoms. The topological polar surface area (TPSA) is 49.8 Å². The number of unbranched alkanes of at least 4 members (excludes halogenated alkanes) is 2. The van der Waals surface area contributed by atoms with Gasteiger partial charge in [0.25, 0.3) is 0 Å². The maximum Gasteiger partial charge on any atom is 0.229 e. The third-order valence-corrected chi connectivity index (χ3v) is 3.38. The summed E-state index contributed by atoms with van der Waals surface area (Å²) in [4.78, 5) is 8.79. The number of aromatic nitrogens is 2. The lowest BCUT2D eigenvalue weighted by Crippen LogP contribution is -2.05. The van der Waals surface area contributed by atoms with Crippen LogP contribution in [0.3, 0.4) is 0 Å². The first-order valence-corrected chi connectivity index (χ1v) is 7.60. The summed E-state index contributed by atoms with van der Waals surface area (Å²) in [5, 5.41) is 6.63.